The molecule has 24 heavy (non-hydrogen) atoms. The van der Waals surface area contributed by atoms with Crippen LogP contribution in [0.5, 0.6) is 0 Å². The molecule has 0 spiro atoms. The highest BCUT2D eigenvalue weighted by Crippen LogP contribution is 2.15. The molecule has 6 nitrogen and oxygen atoms in total. The molecule has 2 heterocycles. The van der Waals surface area contributed by atoms with E-state index in [2.05, 4.69) is 5.10 Å². The lowest BCUT2D eigenvalue weighted by molar-refractivity contribution is 0.185. The Morgan fingerprint density at radius 1 is 1.21 bits per heavy atom. The Bertz CT molecular complexity index is 983. The van der Waals surface area contributed by atoms with Gasteiger partial charge in [-0.15, -0.1) is 0 Å². The summed E-state index contributed by atoms with van der Waals surface area (Å²) in [6.07, 6.45) is 0.535. The van der Waals surface area contributed by atoms with Gasteiger partial charge in [0, 0.05) is 25.4 Å². The number of methoxy groups -OCH3 is 1. The van der Waals surface area contributed by atoms with Gasteiger partial charge in [-0.3, -0.25) is 14.7 Å². The first-order chi connectivity index (χ1) is 11.6. The van der Waals surface area contributed by atoms with E-state index in [-0.39, 0.29) is 16.9 Å². The highest BCUT2D eigenvalue weighted by Gasteiger charge is 2.16. The van der Waals surface area contributed by atoms with Crippen LogP contribution >= 0.6 is 0 Å². The van der Waals surface area contributed by atoms with Gasteiger partial charge in [0.2, 0.25) is 0 Å². The van der Waals surface area contributed by atoms with Gasteiger partial charge >= 0.3 is 0 Å². The molecule has 0 aliphatic rings. The Morgan fingerprint density at radius 2 is 1.92 bits per heavy atom. The number of halogens is 1. The zero-order valence-electron chi connectivity index (χ0n) is 13.5. The predicted octanol–water partition coefficient (Wildman–Crippen LogP) is 1.83. The highest BCUT2D eigenvalue weighted by atomic mass is 19.1. The number of aryl methyl sites for hydroxylation is 1. The van der Waals surface area contributed by atoms with Gasteiger partial charge in [0.15, 0.2) is 0 Å². The molecule has 126 valence electrons. The number of hydrogen-bond acceptors (Lipinski definition) is 3. The number of fused-ring (bicyclic) bond motifs is 1. The van der Waals surface area contributed by atoms with Crippen molar-refractivity contribution in [1.29, 1.82) is 0 Å². The third-order valence-electron chi connectivity index (χ3n) is 4.01. The Balaban J connectivity index is 2.26. The second-order valence-electron chi connectivity index (χ2n) is 5.44. The van der Waals surface area contributed by atoms with Gasteiger partial charge in [-0.2, -0.15) is 0 Å². The van der Waals surface area contributed by atoms with E-state index in [0.717, 1.165) is 0 Å². The van der Waals surface area contributed by atoms with Crippen molar-refractivity contribution in [3.63, 3.8) is 0 Å². The van der Waals surface area contributed by atoms with E-state index in [9.17, 15) is 14.0 Å². The molecule has 2 aromatic heterocycles. The zero-order chi connectivity index (χ0) is 17.3. The lowest BCUT2D eigenvalue weighted by Crippen LogP contribution is -2.26. The molecule has 1 N–H and O–H groups in total. The van der Waals surface area contributed by atoms with E-state index in [4.69, 9.17) is 4.74 Å². The van der Waals surface area contributed by atoms with E-state index in [1.165, 1.54) is 35.0 Å². The van der Waals surface area contributed by atoms with Crippen molar-refractivity contribution in [1.82, 2.24) is 14.3 Å². The van der Waals surface area contributed by atoms with Crippen molar-refractivity contribution in [3.05, 3.63) is 62.6 Å². The summed E-state index contributed by atoms with van der Waals surface area (Å²) in [5.74, 6) is -0.378. The molecule has 0 aliphatic carbocycles. The van der Waals surface area contributed by atoms with E-state index >= 15 is 0 Å². The topological polar surface area (TPSA) is 69.0 Å². The SMILES string of the molecule is CCc1c2c(=O)n(-c3ccc(F)cc3)[nH]c2cc(=O)n1CCOC. The average molecular weight is 331 g/mol. The Hall–Kier alpha value is -2.67. The maximum atomic E-state index is 13.1. The largest absolute Gasteiger partial charge is 0.383 e. The second kappa shape index (κ2) is 6.45. The monoisotopic (exact) mass is 331 g/mol. The van der Waals surface area contributed by atoms with Gasteiger partial charge in [0.25, 0.3) is 11.1 Å². The number of hydrogen-bond donors (Lipinski definition) is 1. The van der Waals surface area contributed by atoms with Gasteiger partial charge in [0.05, 0.1) is 23.2 Å². The third kappa shape index (κ3) is 2.67. The first-order valence-corrected chi connectivity index (χ1v) is 7.69. The molecule has 0 amide bonds. The van der Waals surface area contributed by atoms with Crippen molar-refractivity contribution in [2.75, 3.05) is 13.7 Å². The fourth-order valence-corrected chi connectivity index (χ4v) is 2.87. The number of aromatic amines is 1. The highest BCUT2D eigenvalue weighted by molar-refractivity contribution is 5.80. The number of benzene rings is 1. The molecule has 3 aromatic rings. The molecule has 0 fully saturated rings. The van der Waals surface area contributed by atoms with E-state index in [1.807, 2.05) is 6.92 Å². The van der Waals surface area contributed by atoms with Crippen molar-refractivity contribution in [2.24, 2.45) is 0 Å². The molecule has 0 radical (unpaired) electrons. The minimum absolute atomic E-state index is 0.191. The summed E-state index contributed by atoms with van der Waals surface area (Å²) in [5, 5.41) is 3.41. The number of ether oxygens (including phenoxy) is 1. The van der Waals surface area contributed by atoms with Crippen LogP contribution in [0, 0.1) is 5.82 Å². The summed E-state index contributed by atoms with van der Waals surface area (Å²) in [7, 11) is 1.56. The summed E-state index contributed by atoms with van der Waals surface area (Å²) in [5.41, 5.74) is 1.19. The van der Waals surface area contributed by atoms with Crippen LogP contribution in [-0.2, 0) is 17.7 Å². The van der Waals surface area contributed by atoms with Gasteiger partial charge in [0.1, 0.15) is 5.82 Å². The lowest BCUT2D eigenvalue weighted by Gasteiger charge is -2.11. The lowest BCUT2D eigenvalue weighted by atomic mass is 10.2. The quantitative estimate of drug-likeness (QED) is 0.775. The van der Waals surface area contributed by atoms with Gasteiger partial charge in [-0.25, -0.2) is 9.07 Å². The van der Waals surface area contributed by atoms with Crippen LogP contribution in [0.4, 0.5) is 4.39 Å². The second-order valence-corrected chi connectivity index (χ2v) is 5.44. The van der Waals surface area contributed by atoms with Gasteiger partial charge < -0.3 is 9.30 Å². The molecule has 3 rings (SSSR count). The minimum atomic E-state index is -0.378. The van der Waals surface area contributed by atoms with Crippen LogP contribution in [0.15, 0.2) is 39.9 Å². The Morgan fingerprint density at radius 3 is 2.54 bits per heavy atom. The third-order valence-corrected chi connectivity index (χ3v) is 4.01. The normalized spacial score (nSPS) is 11.3. The van der Waals surface area contributed by atoms with E-state index in [1.54, 1.807) is 11.7 Å². The number of nitrogens with one attached hydrogen (secondary N) is 1. The van der Waals surface area contributed by atoms with E-state index < -0.39 is 0 Å². The molecule has 0 unspecified atom stereocenters. The zero-order valence-corrected chi connectivity index (χ0v) is 13.5. The molecule has 1 aromatic carbocycles. The first kappa shape index (κ1) is 16.2. The summed E-state index contributed by atoms with van der Waals surface area (Å²) in [6, 6.07) is 6.99. The molecule has 0 saturated carbocycles. The molecule has 0 saturated heterocycles. The van der Waals surface area contributed by atoms with Crippen molar-refractivity contribution < 1.29 is 9.13 Å². The fraction of sp³-hybridized carbons (Fsp3) is 0.294. The minimum Gasteiger partial charge on any atom is -0.383 e. The van der Waals surface area contributed by atoms with Crippen molar-refractivity contribution >= 4 is 10.9 Å². The molecule has 0 bridgehead atoms. The van der Waals surface area contributed by atoms with Crippen LogP contribution in [0.1, 0.15) is 12.6 Å². The molecular weight excluding hydrogens is 313 g/mol. The van der Waals surface area contributed by atoms with Crippen LogP contribution in [0.3, 0.4) is 0 Å². The number of nitrogens with zero attached hydrogens (tertiary/aromatic N) is 2. The van der Waals surface area contributed by atoms with E-state index in [0.29, 0.717) is 41.9 Å². The Labute approximate surface area is 137 Å². The molecule has 0 atom stereocenters. The summed E-state index contributed by atoms with van der Waals surface area (Å²) in [6.45, 7) is 2.66. The summed E-state index contributed by atoms with van der Waals surface area (Å²) < 4.78 is 21.0. The predicted molar refractivity (Wildman–Crippen MR) is 89.4 cm³/mol. The standard InChI is InChI=1S/C17H18FN3O3/c1-3-14-16-13(10-15(22)20(14)8-9-24-2)19-21(17(16)23)12-6-4-11(18)5-7-12/h4-7,10,19H,3,8-9H2,1-2H3. The number of rotatable bonds is 5. The van der Waals surface area contributed by atoms with Crippen LogP contribution in [0.25, 0.3) is 16.6 Å². The van der Waals surface area contributed by atoms with Crippen LogP contribution in [-0.4, -0.2) is 28.1 Å². The molecular formula is C17H18FN3O3. The molecule has 7 heteroatoms. The average Bonchev–Trinajstić information content (AvgIpc) is 2.89. The summed E-state index contributed by atoms with van der Waals surface area (Å²) in [4.78, 5) is 25.2. The maximum absolute atomic E-state index is 13.1. The summed E-state index contributed by atoms with van der Waals surface area (Å²) >= 11 is 0. The number of pyridine rings is 1. The first-order valence-electron chi connectivity index (χ1n) is 7.69. The van der Waals surface area contributed by atoms with Crippen LogP contribution < -0.4 is 11.1 Å². The van der Waals surface area contributed by atoms with Gasteiger partial charge in [-0.05, 0) is 30.7 Å². The smallest absolute Gasteiger partial charge is 0.280 e. The van der Waals surface area contributed by atoms with Crippen molar-refractivity contribution in [2.45, 2.75) is 19.9 Å². The van der Waals surface area contributed by atoms with Gasteiger partial charge in [-0.1, -0.05) is 6.92 Å². The van der Waals surface area contributed by atoms with Crippen LogP contribution in [0.2, 0.25) is 0 Å². The maximum Gasteiger partial charge on any atom is 0.280 e. The van der Waals surface area contributed by atoms with Crippen molar-refractivity contribution in [3.8, 4) is 5.69 Å². The number of aromatic nitrogens is 3. The number of H-pyrrole nitrogens is 1. The molecule has 0 aliphatic heterocycles. The Kier molecular flexibility index (Phi) is 4.35. The fourth-order valence-electron chi connectivity index (χ4n) is 2.87.